The minimum atomic E-state index is -0.662. The summed E-state index contributed by atoms with van der Waals surface area (Å²) < 4.78 is 15.1. The van der Waals surface area contributed by atoms with Gasteiger partial charge in [0.05, 0.1) is 12.7 Å². The summed E-state index contributed by atoms with van der Waals surface area (Å²) in [4.78, 5) is 35.7. The molecule has 0 radical (unpaired) electrons. The fraction of sp³-hybridized carbons (Fsp3) is 0.526. The van der Waals surface area contributed by atoms with Crippen molar-refractivity contribution in [3.05, 3.63) is 29.3 Å². The van der Waals surface area contributed by atoms with E-state index in [0.29, 0.717) is 11.3 Å². The Morgan fingerprint density at radius 3 is 1.96 bits per heavy atom. The highest BCUT2D eigenvalue weighted by Crippen LogP contribution is 2.18. The summed E-state index contributed by atoms with van der Waals surface area (Å²) in [6.07, 6.45) is -1.25. The molecule has 1 aromatic rings. The molecule has 0 atom stereocenters. The maximum atomic E-state index is 12.0. The number of ether oxygens (including phenoxy) is 3. The van der Waals surface area contributed by atoms with Crippen LogP contribution in [0.25, 0.3) is 0 Å². The highest BCUT2D eigenvalue weighted by atomic mass is 16.6. The number of nitrogens with one attached hydrogen (secondary N) is 2. The Bertz CT molecular complexity index is 701. The summed E-state index contributed by atoms with van der Waals surface area (Å²) in [7, 11) is 1.26. The van der Waals surface area contributed by atoms with Gasteiger partial charge in [-0.2, -0.15) is 0 Å². The standard InChI is InChI=1S/C19H28N2O6/c1-18(2,3)26-16(23)20-11-12-8-13(15(22)25-7)10-14(9-12)21-17(24)27-19(4,5)6/h8-10H,11H2,1-7H3,(H,20,23)(H,21,24). The van der Waals surface area contributed by atoms with Gasteiger partial charge in [0.15, 0.2) is 0 Å². The van der Waals surface area contributed by atoms with E-state index in [1.54, 1.807) is 53.7 Å². The molecule has 2 N–H and O–H groups in total. The SMILES string of the molecule is COC(=O)c1cc(CNC(=O)OC(C)(C)C)cc(NC(=O)OC(C)(C)C)c1. The minimum absolute atomic E-state index is 0.0999. The Kier molecular flexibility index (Phi) is 7.21. The molecule has 27 heavy (non-hydrogen) atoms. The van der Waals surface area contributed by atoms with Crippen LogP contribution in [0.15, 0.2) is 18.2 Å². The van der Waals surface area contributed by atoms with E-state index in [-0.39, 0.29) is 12.1 Å². The van der Waals surface area contributed by atoms with Crippen LogP contribution in [-0.2, 0) is 20.8 Å². The molecule has 150 valence electrons. The summed E-state index contributed by atoms with van der Waals surface area (Å²) in [5.74, 6) is -0.568. The topological polar surface area (TPSA) is 103 Å². The summed E-state index contributed by atoms with van der Waals surface area (Å²) in [6.45, 7) is 10.6. The highest BCUT2D eigenvalue weighted by Gasteiger charge is 2.18. The smallest absolute Gasteiger partial charge is 0.412 e. The first-order chi connectivity index (χ1) is 12.3. The second kappa shape index (κ2) is 8.75. The quantitative estimate of drug-likeness (QED) is 0.608. The van der Waals surface area contributed by atoms with Gasteiger partial charge in [-0.05, 0) is 65.3 Å². The summed E-state index contributed by atoms with van der Waals surface area (Å²) >= 11 is 0. The number of carbonyl (C=O) groups is 3. The van der Waals surface area contributed by atoms with Gasteiger partial charge in [0.1, 0.15) is 11.2 Å². The molecule has 0 unspecified atom stereocenters. The first kappa shape index (κ1) is 22.3. The molecule has 0 spiro atoms. The van der Waals surface area contributed by atoms with Crippen LogP contribution in [0.4, 0.5) is 15.3 Å². The predicted molar refractivity (Wildman–Crippen MR) is 101 cm³/mol. The van der Waals surface area contributed by atoms with Gasteiger partial charge in [-0.25, -0.2) is 14.4 Å². The van der Waals surface area contributed by atoms with E-state index in [2.05, 4.69) is 10.6 Å². The fourth-order valence-electron chi connectivity index (χ4n) is 2.01. The van der Waals surface area contributed by atoms with Gasteiger partial charge in [0.25, 0.3) is 0 Å². The Hall–Kier alpha value is -2.77. The number of benzene rings is 1. The maximum absolute atomic E-state index is 12.0. The average molecular weight is 380 g/mol. The molecule has 0 aliphatic heterocycles. The Labute approximate surface area is 159 Å². The molecule has 0 saturated carbocycles. The van der Waals surface area contributed by atoms with Crippen LogP contribution >= 0.6 is 0 Å². The van der Waals surface area contributed by atoms with Crippen molar-refractivity contribution in [1.82, 2.24) is 5.32 Å². The lowest BCUT2D eigenvalue weighted by atomic mass is 10.1. The predicted octanol–water partition coefficient (Wildman–Crippen LogP) is 3.84. The van der Waals surface area contributed by atoms with Crippen molar-refractivity contribution in [2.24, 2.45) is 0 Å². The molecule has 0 bridgehead atoms. The molecule has 0 heterocycles. The normalized spacial score (nSPS) is 11.4. The van der Waals surface area contributed by atoms with Crippen LogP contribution in [0.2, 0.25) is 0 Å². The number of methoxy groups -OCH3 is 1. The summed E-state index contributed by atoms with van der Waals surface area (Å²) in [5.41, 5.74) is -0.137. The number of hydrogen-bond acceptors (Lipinski definition) is 6. The van der Waals surface area contributed by atoms with Gasteiger partial charge >= 0.3 is 18.2 Å². The van der Waals surface area contributed by atoms with E-state index in [1.165, 1.54) is 13.2 Å². The lowest BCUT2D eigenvalue weighted by Gasteiger charge is -2.20. The van der Waals surface area contributed by atoms with E-state index in [9.17, 15) is 14.4 Å². The third-order valence-corrected chi connectivity index (χ3v) is 2.89. The molecular weight excluding hydrogens is 352 g/mol. The van der Waals surface area contributed by atoms with Gasteiger partial charge in [0, 0.05) is 12.2 Å². The zero-order valence-electron chi connectivity index (χ0n) is 16.9. The van der Waals surface area contributed by atoms with Crippen molar-refractivity contribution in [1.29, 1.82) is 0 Å². The lowest BCUT2D eigenvalue weighted by Crippen LogP contribution is -2.32. The van der Waals surface area contributed by atoms with E-state index < -0.39 is 29.4 Å². The zero-order chi connectivity index (χ0) is 20.8. The molecule has 0 aliphatic carbocycles. The summed E-state index contributed by atoms with van der Waals surface area (Å²) in [6, 6.07) is 4.64. The zero-order valence-corrected chi connectivity index (χ0v) is 16.9. The third kappa shape index (κ3) is 8.94. The monoisotopic (exact) mass is 380 g/mol. The third-order valence-electron chi connectivity index (χ3n) is 2.89. The Morgan fingerprint density at radius 2 is 1.44 bits per heavy atom. The van der Waals surface area contributed by atoms with Gasteiger partial charge in [-0.15, -0.1) is 0 Å². The van der Waals surface area contributed by atoms with Crippen LogP contribution < -0.4 is 10.6 Å². The average Bonchev–Trinajstić information content (AvgIpc) is 2.48. The lowest BCUT2D eigenvalue weighted by molar-refractivity contribution is 0.0522. The van der Waals surface area contributed by atoms with E-state index in [4.69, 9.17) is 14.2 Å². The van der Waals surface area contributed by atoms with Gasteiger partial charge < -0.3 is 19.5 Å². The number of amides is 2. The molecule has 0 aromatic heterocycles. The highest BCUT2D eigenvalue weighted by molar-refractivity contribution is 5.93. The number of carbonyl (C=O) groups excluding carboxylic acids is 3. The van der Waals surface area contributed by atoms with Crippen LogP contribution in [0.5, 0.6) is 0 Å². The molecule has 0 aliphatic rings. The molecule has 8 heteroatoms. The summed E-state index contributed by atoms with van der Waals surface area (Å²) in [5, 5.41) is 5.17. The van der Waals surface area contributed by atoms with Crippen LogP contribution in [0.1, 0.15) is 57.5 Å². The second-order valence-electron chi connectivity index (χ2n) is 7.89. The fourth-order valence-corrected chi connectivity index (χ4v) is 2.01. The Morgan fingerprint density at radius 1 is 0.889 bits per heavy atom. The molecule has 8 nitrogen and oxygen atoms in total. The van der Waals surface area contributed by atoms with E-state index >= 15 is 0 Å². The van der Waals surface area contributed by atoms with Crippen LogP contribution in [-0.4, -0.2) is 36.5 Å². The molecule has 0 fully saturated rings. The first-order valence-corrected chi connectivity index (χ1v) is 8.48. The molecular formula is C19H28N2O6. The van der Waals surface area contributed by atoms with E-state index in [1.807, 2.05) is 0 Å². The number of rotatable bonds is 4. The van der Waals surface area contributed by atoms with Gasteiger partial charge in [-0.3, -0.25) is 5.32 Å². The van der Waals surface area contributed by atoms with Crippen LogP contribution in [0, 0.1) is 0 Å². The largest absolute Gasteiger partial charge is 0.465 e. The minimum Gasteiger partial charge on any atom is -0.465 e. The number of esters is 1. The maximum Gasteiger partial charge on any atom is 0.412 e. The van der Waals surface area contributed by atoms with Crippen LogP contribution in [0.3, 0.4) is 0 Å². The van der Waals surface area contributed by atoms with Crippen molar-refractivity contribution in [2.75, 3.05) is 12.4 Å². The van der Waals surface area contributed by atoms with Gasteiger partial charge in [0.2, 0.25) is 0 Å². The van der Waals surface area contributed by atoms with Crippen molar-refractivity contribution < 1.29 is 28.6 Å². The van der Waals surface area contributed by atoms with E-state index in [0.717, 1.165) is 0 Å². The molecule has 2 amide bonds. The molecule has 0 saturated heterocycles. The molecule has 1 rings (SSSR count). The molecule has 1 aromatic carbocycles. The number of alkyl carbamates (subject to hydrolysis) is 1. The number of hydrogen-bond donors (Lipinski definition) is 2. The first-order valence-electron chi connectivity index (χ1n) is 8.48. The Balaban J connectivity index is 2.95. The van der Waals surface area contributed by atoms with Gasteiger partial charge in [-0.1, -0.05) is 0 Å². The second-order valence-corrected chi connectivity index (χ2v) is 7.89. The van der Waals surface area contributed by atoms with Crippen molar-refractivity contribution in [3.63, 3.8) is 0 Å². The van der Waals surface area contributed by atoms with Crippen molar-refractivity contribution >= 4 is 23.8 Å². The van der Waals surface area contributed by atoms with Crippen molar-refractivity contribution in [2.45, 2.75) is 59.3 Å². The number of anilines is 1. The van der Waals surface area contributed by atoms with Crippen molar-refractivity contribution in [3.8, 4) is 0 Å².